The zero-order valence-corrected chi connectivity index (χ0v) is 15.9. The molecule has 0 radical (unpaired) electrons. The number of carbonyl (C=O) groups is 1. The van der Waals surface area contributed by atoms with Gasteiger partial charge in [-0.25, -0.2) is 14.1 Å². The Bertz CT molecular complexity index is 1270. The fourth-order valence-corrected chi connectivity index (χ4v) is 2.94. The number of hydrogen-bond acceptors (Lipinski definition) is 6. The molecule has 30 heavy (non-hydrogen) atoms. The SMILES string of the molecule is COc1ccc(NC(=O)Cn2cnc3c(nnn3Cc3cccc(F)c3)c2=O)cc1. The molecular weight excluding hydrogens is 391 g/mol. The highest BCUT2D eigenvalue weighted by atomic mass is 19.1. The van der Waals surface area contributed by atoms with E-state index in [-0.39, 0.29) is 30.1 Å². The van der Waals surface area contributed by atoms with Gasteiger partial charge < -0.3 is 10.1 Å². The lowest BCUT2D eigenvalue weighted by atomic mass is 10.2. The van der Waals surface area contributed by atoms with Crippen LogP contribution in [0.15, 0.2) is 59.7 Å². The summed E-state index contributed by atoms with van der Waals surface area (Å²) < 4.78 is 21.0. The summed E-state index contributed by atoms with van der Waals surface area (Å²) in [6.07, 6.45) is 1.27. The maximum absolute atomic E-state index is 13.4. The van der Waals surface area contributed by atoms with Crippen molar-refractivity contribution in [3.63, 3.8) is 0 Å². The van der Waals surface area contributed by atoms with Crippen molar-refractivity contribution in [3.05, 3.63) is 76.6 Å². The average Bonchev–Trinajstić information content (AvgIpc) is 3.14. The largest absolute Gasteiger partial charge is 0.497 e. The van der Waals surface area contributed by atoms with Crippen molar-refractivity contribution in [2.75, 3.05) is 12.4 Å². The maximum Gasteiger partial charge on any atom is 0.283 e. The van der Waals surface area contributed by atoms with Crippen LogP contribution in [0, 0.1) is 5.82 Å². The third-order valence-electron chi connectivity index (χ3n) is 4.40. The highest BCUT2D eigenvalue weighted by molar-refractivity contribution is 5.90. The molecule has 1 N–H and O–H groups in total. The number of fused-ring (bicyclic) bond motifs is 1. The number of ether oxygens (including phenoxy) is 1. The van der Waals surface area contributed by atoms with Gasteiger partial charge in [-0.3, -0.25) is 14.2 Å². The second-order valence-electron chi connectivity index (χ2n) is 6.50. The number of rotatable bonds is 6. The number of benzene rings is 2. The van der Waals surface area contributed by atoms with Crippen LogP contribution in [0.5, 0.6) is 5.75 Å². The van der Waals surface area contributed by atoms with E-state index in [9.17, 15) is 14.0 Å². The van der Waals surface area contributed by atoms with Gasteiger partial charge in [0.2, 0.25) is 5.91 Å². The first kappa shape index (κ1) is 19.2. The molecule has 0 spiro atoms. The lowest BCUT2D eigenvalue weighted by Crippen LogP contribution is -2.28. The number of nitrogens with one attached hydrogen (secondary N) is 1. The van der Waals surface area contributed by atoms with Crippen LogP contribution in [0.2, 0.25) is 0 Å². The van der Waals surface area contributed by atoms with Gasteiger partial charge in [0.05, 0.1) is 13.7 Å². The molecule has 0 saturated carbocycles. The molecule has 0 unspecified atom stereocenters. The molecule has 9 nitrogen and oxygen atoms in total. The van der Waals surface area contributed by atoms with Gasteiger partial charge in [0.25, 0.3) is 5.56 Å². The van der Waals surface area contributed by atoms with Crippen molar-refractivity contribution in [3.8, 4) is 5.75 Å². The highest BCUT2D eigenvalue weighted by Gasteiger charge is 2.14. The third-order valence-corrected chi connectivity index (χ3v) is 4.40. The Kier molecular flexibility index (Phi) is 5.21. The number of anilines is 1. The van der Waals surface area contributed by atoms with Gasteiger partial charge in [0, 0.05) is 5.69 Å². The summed E-state index contributed by atoms with van der Waals surface area (Å²) in [6, 6.07) is 12.9. The zero-order chi connectivity index (χ0) is 21.1. The predicted octanol–water partition coefficient (Wildman–Crippen LogP) is 1.82. The maximum atomic E-state index is 13.4. The number of aromatic nitrogens is 5. The van der Waals surface area contributed by atoms with Crippen LogP contribution in [0.4, 0.5) is 10.1 Å². The van der Waals surface area contributed by atoms with E-state index in [1.807, 2.05) is 0 Å². The van der Waals surface area contributed by atoms with E-state index < -0.39 is 11.5 Å². The van der Waals surface area contributed by atoms with Crippen LogP contribution < -0.4 is 15.6 Å². The molecular formula is C20H17FN6O3. The Morgan fingerprint density at radius 2 is 2.00 bits per heavy atom. The van der Waals surface area contributed by atoms with Crippen LogP contribution in [-0.2, 0) is 17.9 Å². The molecule has 0 atom stereocenters. The van der Waals surface area contributed by atoms with Gasteiger partial charge >= 0.3 is 0 Å². The number of hydrogen-bond donors (Lipinski definition) is 1. The Balaban J connectivity index is 1.52. The minimum absolute atomic E-state index is 0.0335. The second-order valence-corrected chi connectivity index (χ2v) is 6.50. The molecule has 4 aromatic rings. The summed E-state index contributed by atoms with van der Waals surface area (Å²) in [5.41, 5.74) is 1.04. The Morgan fingerprint density at radius 1 is 1.20 bits per heavy atom. The Labute approximate surface area is 169 Å². The molecule has 10 heteroatoms. The first-order valence-electron chi connectivity index (χ1n) is 9.00. The summed E-state index contributed by atoms with van der Waals surface area (Å²) in [4.78, 5) is 29.2. The molecule has 0 aliphatic heterocycles. The standard InChI is InChI=1S/C20H17FN6O3/c1-30-16-7-5-15(6-8-16)23-17(28)11-26-12-22-19-18(20(26)29)24-25-27(19)10-13-3-2-4-14(21)9-13/h2-9,12H,10-11H2,1H3,(H,23,28). The fourth-order valence-electron chi connectivity index (χ4n) is 2.94. The smallest absolute Gasteiger partial charge is 0.283 e. The van der Waals surface area contributed by atoms with E-state index in [1.54, 1.807) is 43.5 Å². The number of halogens is 1. The summed E-state index contributed by atoms with van der Waals surface area (Å²) in [6.45, 7) is -0.0206. The van der Waals surface area contributed by atoms with Crippen LogP contribution in [0.3, 0.4) is 0 Å². The number of nitrogens with zero attached hydrogens (tertiary/aromatic N) is 5. The van der Waals surface area contributed by atoms with E-state index in [1.165, 1.54) is 23.1 Å². The lowest BCUT2D eigenvalue weighted by Gasteiger charge is -2.08. The monoisotopic (exact) mass is 408 g/mol. The third kappa shape index (κ3) is 4.02. The Hall–Kier alpha value is -4.08. The molecule has 2 heterocycles. The van der Waals surface area contributed by atoms with E-state index in [0.29, 0.717) is 17.0 Å². The number of amides is 1. The molecule has 152 valence electrons. The highest BCUT2D eigenvalue weighted by Crippen LogP contribution is 2.15. The zero-order valence-electron chi connectivity index (χ0n) is 15.9. The quantitative estimate of drug-likeness (QED) is 0.522. The van der Waals surface area contributed by atoms with Crippen molar-refractivity contribution >= 4 is 22.8 Å². The van der Waals surface area contributed by atoms with Crippen molar-refractivity contribution in [1.82, 2.24) is 24.5 Å². The van der Waals surface area contributed by atoms with Gasteiger partial charge in [0.15, 0.2) is 11.2 Å². The Morgan fingerprint density at radius 3 is 2.73 bits per heavy atom. The number of methoxy groups -OCH3 is 1. The van der Waals surface area contributed by atoms with Crippen LogP contribution >= 0.6 is 0 Å². The molecule has 0 aliphatic carbocycles. The average molecular weight is 408 g/mol. The van der Waals surface area contributed by atoms with E-state index in [0.717, 1.165) is 4.57 Å². The van der Waals surface area contributed by atoms with Gasteiger partial charge in [-0.05, 0) is 42.0 Å². The van der Waals surface area contributed by atoms with Crippen LogP contribution in [-0.4, -0.2) is 37.6 Å². The van der Waals surface area contributed by atoms with Gasteiger partial charge in [-0.2, -0.15) is 0 Å². The summed E-state index contributed by atoms with van der Waals surface area (Å²) in [5, 5.41) is 10.5. The first-order valence-corrected chi connectivity index (χ1v) is 9.00. The van der Waals surface area contributed by atoms with Gasteiger partial charge in [-0.15, -0.1) is 5.10 Å². The summed E-state index contributed by atoms with van der Waals surface area (Å²) in [7, 11) is 1.55. The van der Waals surface area contributed by atoms with E-state index in [2.05, 4.69) is 20.6 Å². The van der Waals surface area contributed by atoms with E-state index >= 15 is 0 Å². The normalized spacial score (nSPS) is 10.9. The lowest BCUT2D eigenvalue weighted by molar-refractivity contribution is -0.116. The number of carbonyl (C=O) groups excluding carboxylic acids is 1. The molecule has 1 amide bonds. The first-order chi connectivity index (χ1) is 14.5. The fraction of sp³-hybridized carbons (Fsp3) is 0.150. The molecule has 2 aromatic heterocycles. The molecule has 0 bridgehead atoms. The predicted molar refractivity (Wildman–Crippen MR) is 107 cm³/mol. The summed E-state index contributed by atoms with van der Waals surface area (Å²) >= 11 is 0. The molecule has 0 fully saturated rings. The van der Waals surface area contributed by atoms with Crippen molar-refractivity contribution in [2.45, 2.75) is 13.1 Å². The van der Waals surface area contributed by atoms with Crippen LogP contribution in [0.1, 0.15) is 5.56 Å². The summed E-state index contributed by atoms with van der Waals surface area (Å²) in [5.74, 6) is -0.0918. The van der Waals surface area contributed by atoms with Gasteiger partial charge in [0.1, 0.15) is 24.4 Å². The van der Waals surface area contributed by atoms with Crippen LogP contribution in [0.25, 0.3) is 11.2 Å². The minimum atomic E-state index is -0.490. The van der Waals surface area contributed by atoms with Crippen molar-refractivity contribution in [2.24, 2.45) is 0 Å². The minimum Gasteiger partial charge on any atom is -0.497 e. The molecule has 0 saturated heterocycles. The molecule has 0 aliphatic rings. The second kappa shape index (κ2) is 8.11. The van der Waals surface area contributed by atoms with Crippen molar-refractivity contribution < 1.29 is 13.9 Å². The topological polar surface area (TPSA) is 104 Å². The molecule has 4 rings (SSSR count). The van der Waals surface area contributed by atoms with Crippen molar-refractivity contribution in [1.29, 1.82) is 0 Å². The van der Waals surface area contributed by atoms with Gasteiger partial charge in [-0.1, -0.05) is 17.3 Å². The molecule has 2 aromatic carbocycles. The van der Waals surface area contributed by atoms with E-state index in [4.69, 9.17) is 4.74 Å².